The Kier molecular flexibility index (Phi) is 4.92. The molecule has 0 spiro atoms. The number of hydrazine groups is 1. The Morgan fingerprint density at radius 2 is 2.10 bits per heavy atom. The van der Waals surface area contributed by atoms with Crippen molar-refractivity contribution in [3.05, 3.63) is 35.7 Å². The van der Waals surface area contributed by atoms with Crippen LogP contribution in [-0.2, 0) is 9.53 Å². The number of anilines is 2. The van der Waals surface area contributed by atoms with Crippen LogP contribution in [0.15, 0.2) is 35.7 Å². The summed E-state index contributed by atoms with van der Waals surface area (Å²) in [5, 5.41) is 1.54. The molecule has 1 saturated heterocycles. The second-order valence-corrected chi connectivity index (χ2v) is 4.88. The van der Waals surface area contributed by atoms with E-state index in [2.05, 4.69) is 5.73 Å². The predicted molar refractivity (Wildman–Crippen MR) is 80.9 cm³/mol. The lowest BCUT2D eigenvalue weighted by atomic mass is 10.2. The third kappa shape index (κ3) is 3.40. The second kappa shape index (κ2) is 6.68. The van der Waals surface area contributed by atoms with Gasteiger partial charge in [-0.3, -0.25) is 9.80 Å². The van der Waals surface area contributed by atoms with E-state index in [4.69, 9.17) is 16.3 Å². The molecule has 21 heavy (non-hydrogen) atoms. The Bertz CT molecular complexity index is 541. The molecule has 7 heteroatoms. The van der Waals surface area contributed by atoms with Crippen LogP contribution >= 0.6 is 0 Å². The summed E-state index contributed by atoms with van der Waals surface area (Å²) in [5.41, 5.74) is 12.7. The van der Waals surface area contributed by atoms with E-state index in [1.165, 1.54) is 0 Å². The van der Waals surface area contributed by atoms with Crippen molar-refractivity contribution in [1.29, 1.82) is 0 Å². The number of nitrogens with zero attached hydrogens (tertiary/aromatic N) is 2. The SMILES string of the molecule is CC(=C([NH3+])CN)N(N)c1ccc(N2CCOCC2=O)cc1. The van der Waals surface area contributed by atoms with Crippen molar-refractivity contribution in [2.45, 2.75) is 6.92 Å². The largest absolute Gasteiger partial charge is 0.370 e. The van der Waals surface area contributed by atoms with E-state index in [9.17, 15) is 4.79 Å². The Balaban J connectivity index is 2.17. The number of allylic oxidation sites excluding steroid dienone is 1. The first-order chi connectivity index (χ1) is 10.0. The minimum absolute atomic E-state index is 0.0298. The van der Waals surface area contributed by atoms with Gasteiger partial charge < -0.3 is 21.1 Å². The molecule has 7 nitrogen and oxygen atoms in total. The van der Waals surface area contributed by atoms with Crippen LogP contribution in [0.2, 0.25) is 0 Å². The molecular formula is C14H22N5O2+. The number of benzene rings is 1. The number of rotatable bonds is 4. The van der Waals surface area contributed by atoms with Gasteiger partial charge in [-0.25, -0.2) is 5.84 Å². The highest BCUT2D eigenvalue weighted by molar-refractivity contribution is 5.95. The zero-order valence-electron chi connectivity index (χ0n) is 12.2. The Hall–Kier alpha value is -1.93. The molecule has 0 radical (unpaired) electrons. The van der Waals surface area contributed by atoms with E-state index < -0.39 is 0 Å². The number of quaternary nitrogens is 1. The molecule has 0 aliphatic carbocycles. The lowest BCUT2D eigenvalue weighted by Crippen LogP contribution is -2.53. The molecule has 1 amide bonds. The molecule has 1 aliphatic heterocycles. The van der Waals surface area contributed by atoms with Gasteiger partial charge in [-0.2, -0.15) is 0 Å². The normalized spacial score (nSPS) is 16.8. The number of amides is 1. The molecule has 2 rings (SSSR count). The van der Waals surface area contributed by atoms with Crippen LogP contribution in [0.3, 0.4) is 0 Å². The van der Waals surface area contributed by atoms with Crippen molar-refractivity contribution in [1.82, 2.24) is 0 Å². The number of hydrogen-bond acceptors (Lipinski definition) is 5. The highest BCUT2D eigenvalue weighted by Gasteiger charge is 2.20. The maximum Gasteiger partial charge on any atom is 0.253 e. The number of carbonyl (C=O) groups excluding carboxylic acids is 1. The highest BCUT2D eigenvalue weighted by atomic mass is 16.5. The van der Waals surface area contributed by atoms with Gasteiger partial charge in [0.2, 0.25) is 0 Å². The van der Waals surface area contributed by atoms with E-state index >= 15 is 0 Å². The Morgan fingerprint density at radius 1 is 1.43 bits per heavy atom. The zero-order chi connectivity index (χ0) is 15.4. The third-order valence-corrected chi connectivity index (χ3v) is 3.54. The minimum atomic E-state index is -0.0298. The van der Waals surface area contributed by atoms with Crippen molar-refractivity contribution in [3.63, 3.8) is 0 Å². The molecule has 0 saturated carbocycles. The first kappa shape index (κ1) is 15.5. The van der Waals surface area contributed by atoms with Crippen molar-refractivity contribution in [2.75, 3.05) is 36.2 Å². The monoisotopic (exact) mass is 292 g/mol. The van der Waals surface area contributed by atoms with Crippen LogP contribution in [0.5, 0.6) is 0 Å². The molecule has 1 fully saturated rings. The summed E-state index contributed by atoms with van der Waals surface area (Å²) in [5.74, 6) is 6.02. The van der Waals surface area contributed by atoms with Crippen LogP contribution < -0.4 is 27.2 Å². The van der Waals surface area contributed by atoms with Gasteiger partial charge in [0.1, 0.15) is 12.3 Å². The van der Waals surface area contributed by atoms with Crippen LogP contribution in [0.4, 0.5) is 11.4 Å². The van der Waals surface area contributed by atoms with Gasteiger partial charge in [0, 0.05) is 12.2 Å². The van der Waals surface area contributed by atoms with Crippen LogP contribution in [0, 0.1) is 0 Å². The van der Waals surface area contributed by atoms with E-state index in [1.807, 2.05) is 31.2 Å². The summed E-state index contributed by atoms with van der Waals surface area (Å²) < 4.78 is 5.12. The Labute approximate surface area is 123 Å². The number of hydrogen-bond donors (Lipinski definition) is 3. The lowest BCUT2D eigenvalue weighted by molar-refractivity contribution is -0.305. The maximum absolute atomic E-state index is 11.8. The number of carbonyl (C=O) groups is 1. The van der Waals surface area contributed by atoms with Crippen molar-refractivity contribution in [3.8, 4) is 0 Å². The van der Waals surface area contributed by atoms with E-state index in [0.29, 0.717) is 19.7 Å². The van der Waals surface area contributed by atoms with Crippen LogP contribution in [0.1, 0.15) is 6.92 Å². The molecule has 0 aromatic heterocycles. The topological polar surface area (TPSA) is 112 Å². The van der Waals surface area contributed by atoms with Gasteiger partial charge in [0.05, 0.1) is 24.5 Å². The zero-order valence-corrected chi connectivity index (χ0v) is 12.2. The summed E-state index contributed by atoms with van der Waals surface area (Å²) in [7, 11) is 0. The molecule has 1 aromatic carbocycles. The second-order valence-electron chi connectivity index (χ2n) is 4.88. The van der Waals surface area contributed by atoms with Gasteiger partial charge in [0.15, 0.2) is 0 Å². The van der Waals surface area contributed by atoms with Gasteiger partial charge in [0.25, 0.3) is 5.91 Å². The van der Waals surface area contributed by atoms with Gasteiger partial charge >= 0.3 is 0 Å². The fourth-order valence-corrected chi connectivity index (χ4v) is 2.10. The van der Waals surface area contributed by atoms with Crippen LogP contribution in [-0.4, -0.2) is 32.2 Å². The predicted octanol–water partition coefficient (Wildman–Crippen LogP) is -0.838. The summed E-state index contributed by atoms with van der Waals surface area (Å²) in [6, 6.07) is 7.48. The summed E-state index contributed by atoms with van der Waals surface area (Å²) >= 11 is 0. The van der Waals surface area contributed by atoms with E-state index in [0.717, 1.165) is 22.8 Å². The van der Waals surface area contributed by atoms with Gasteiger partial charge in [-0.1, -0.05) is 0 Å². The van der Waals surface area contributed by atoms with E-state index in [1.54, 1.807) is 9.91 Å². The van der Waals surface area contributed by atoms with Gasteiger partial charge in [-0.05, 0) is 31.2 Å². The fourth-order valence-electron chi connectivity index (χ4n) is 2.10. The highest BCUT2D eigenvalue weighted by Crippen LogP contribution is 2.22. The molecule has 0 unspecified atom stereocenters. The molecule has 0 atom stereocenters. The first-order valence-electron chi connectivity index (χ1n) is 6.79. The lowest BCUT2D eigenvalue weighted by Gasteiger charge is -2.27. The average Bonchev–Trinajstić information content (AvgIpc) is 2.53. The van der Waals surface area contributed by atoms with Crippen molar-refractivity contribution in [2.24, 2.45) is 11.6 Å². The molecule has 1 aliphatic rings. The first-order valence-corrected chi connectivity index (χ1v) is 6.79. The van der Waals surface area contributed by atoms with Crippen molar-refractivity contribution >= 4 is 17.3 Å². The molecule has 1 aromatic rings. The van der Waals surface area contributed by atoms with E-state index in [-0.39, 0.29) is 12.5 Å². The Morgan fingerprint density at radius 3 is 2.67 bits per heavy atom. The smallest absolute Gasteiger partial charge is 0.253 e. The summed E-state index contributed by atoms with van der Waals surface area (Å²) in [4.78, 5) is 13.5. The third-order valence-electron chi connectivity index (χ3n) is 3.54. The number of ether oxygens (including phenoxy) is 1. The van der Waals surface area contributed by atoms with Crippen LogP contribution in [0.25, 0.3) is 0 Å². The summed E-state index contributed by atoms with van der Waals surface area (Å²) in [6.07, 6.45) is 0. The van der Waals surface area contributed by atoms with Gasteiger partial charge in [-0.15, -0.1) is 0 Å². The fraction of sp³-hybridized carbons (Fsp3) is 0.357. The number of nitrogens with two attached hydrogens (primary N) is 2. The van der Waals surface area contributed by atoms with Crippen molar-refractivity contribution < 1.29 is 15.3 Å². The molecule has 0 bridgehead atoms. The molecule has 7 N–H and O–H groups in total. The average molecular weight is 292 g/mol. The maximum atomic E-state index is 11.8. The minimum Gasteiger partial charge on any atom is -0.370 e. The quantitative estimate of drug-likeness (QED) is 0.495. The summed E-state index contributed by atoms with van der Waals surface area (Å²) in [6.45, 7) is 3.49. The molecular weight excluding hydrogens is 270 g/mol. The molecule has 1 heterocycles. The standard InChI is InChI=1S/C14H21N5O2/c1-10(13(16)8-15)19(17)12-4-2-11(3-5-12)18-6-7-21-9-14(18)20/h2-5H,6-9,15-17H2,1H3/p+1. The number of morpholine rings is 1. The molecule has 114 valence electrons.